The highest BCUT2D eigenvalue weighted by atomic mass is 16.5. The zero-order chi connectivity index (χ0) is 21.8. The number of anilines is 2. The summed E-state index contributed by atoms with van der Waals surface area (Å²) < 4.78 is 10.5. The molecule has 2 N–H and O–H groups in total. The molecule has 2 amide bonds. The molecule has 7 heteroatoms. The number of carbonyl (C=O) groups excluding carboxylic acids is 2. The minimum absolute atomic E-state index is 0.0822. The molecule has 0 spiro atoms. The number of nitrogens with zero attached hydrogens (tertiary/aromatic N) is 1. The normalized spacial score (nSPS) is 15.9. The van der Waals surface area contributed by atoms with E-state index < -0.39 is 0 Å². The van der Waals surface area contributed by atoms with Crippen molar-refractivity contribution in [3.63, 3.8) is 0 Å². The second-order valence-electron chi connectivity index (χ2n) is 8.05. The molecular formula is C24H29N3O4. The highest BCUT2D eigenvalue weighted by Crippen LogP contribution is 2.30. The lowest BCUT2D eigenvalue weighted by Gasteiger charge is -2.30. The van der Waals surface area contributed by atoms with Crippen LogP contribution in [0.1, 0.15) is 52.8 Å². The predicted octanol–water partition coefficient (Wildman–Crippen LogP) is 3.84. The number of methoxy groups -OCH3 is 2. The molecule has 1 aliphatic carbocycles. The van der Waals surface area contributed by atoms with Crippen molar-refractivity contribution < 1.29 is 19.1 Å². The van der Waals surface area contributed by atoms with Crippen LogP contribution in [-0.2, 0) is 0 Å². The summed E-state index contributed by atoms with van der Waals surface area (Å²) >= 11 is 0. The molecule has 2 aliphatic rings. The number of nitrogens with one attached hydrogen (secondary N) is 2. The van der Waals surface area contributed by atoms with Crippen LogP contribution in [0.15, 0.2) is 36.4 Å². The Kier molecular flexibility index (Phi) is 6.30. The van der Waals surface area contributed by atoms with Crippen molar-refractivity contribution in [2.45, 2.75) is 38.1 Å². The van der Waals surface area contributed by atoms with E-state index in [9.17, 15) is 9.59 Å². The maximum Gasteiger partial charge on any atom is 0.259 e. The lowest BCUT2D eigenvalue weighted by molar-refractivity contribution is 0.0950. The molecule has 4 rings (SSSR count). The van der Waals surface area contributed by atoms with Gasteiger partial charge < -0.3 is 25.0 Å². The first kappa shape index (κ1) is 21.0. The third-order valence-electron chi connectivity index (χ3n) is 5.76. The highest BCUT2D eigenvalue weighted by molar-refractivity contribution is 6.08. The van der Waals surface area contributed by atoms with Gasteiger partial charge in [-0.25, -0.2) is 0 Å². The molecule has 2 fully saturated rings. The average Bonchev–Trinajstić information content (AvgIpc) is 3.63. The molecule has 1 saturated heterocycles. The van der Waals surface area contributed by atoms with Crippen molar-refractivity contribution >= 4 is 23.2 Å². The number of carbonyl (C=O) groups is 2. The molecule has 1 saturated carbocycles. The van der Waals surface area contributed by atoms with Gasteiger partial charge in [0.15, 0.2) is 0 Å². The minimum Gasteiger partial charge on any atom is -0.497 e. The summed E-state index contributed by atoms with van der Waals surface area (Å²) in [6.07, 6.45) is 5.52. The zero-order valence-electron chi connectivity index (χ0n) is 18.1. The van der Waals surface area contributed by atoms with E-state index in [-0.39, 0.29) is 17.9 Å². The summed E-state index contributed by atoms with van der Waals surface area (Å²) in [5.41, 5.74) is 2.50. The molecule has 0 aromatic heterocycles. The van der Waals surface area contributed by atoms with Crippen molar-refractivity contribution in [3.8, 4) is 11.5 Å². The summed E-state index contributed by atoms with van der Waals surface area (Å²) in [5, 5.41) is 5.99. The molecule has 0 bridgehead atoms. The van der Waals surface area contributed by atoms with Crippen LogP contribution in [0.3, 0.4) is 0 Å². The van der Waals surface area contributed by atoms with E-state index in [0.29, 0.717) is 28.3 Å². The van der Waals surface area contributed by atoms with E-state index in [1.807, 2.05) is 12.1 Å². The maximum absolute atomic E-state index is 13.0. The number of ether oxygens (including phenoxy) is 2. The SMILES string of the molecule is COc1ccc(C(=O)Nc2ccc(N3CCCCC3)c(C(=O)NC3CC3)c2)c(OC)c1. The molecule has 0 unspecified atom stereocenters. The second kappa shape index (κ2) is 9.29. The fraction of sp³-hybridized carbons (Fsp3) is 0.417. The molecule has 7 nitrogen and oxygen atoms in total. The molecule has 1 aliphatic heterocycles. The van der Waals surface area contributed by atoms with Gasteiger partial charge in [0, 0.05) is 36.6 Å². The van der Waals surface area contributed by atoms with Crippen LogP contribution in [-0.4, -0.2) is 45.2 Å². The highest BCUT2D eigenvalue weighted by Gasteiger charge is 2.26. The van der Waals surface area contributed by atoms with Gasteiger partial charge in [0.1, 0.15) is 11.5 Å². The van der Waals surface area contributed by atoms with Gasteiger partial charge in [-0.3, -0.25) is 9.59 Å². The van der Waals surface area contributed by atoms with E-state index in [0.717, 1.165) is 44.5 Å². The van der Waals surface area contributed by atoms with Gasteiger partial charge >= 0.3 is 0 Å². The standard InChI is InChI=1S/C24H29N3O4/c1-30-18-9-10-19(22(15-18)31-2)23(28)26-17-8-11-21(27-12-4-3-5-13-27)20(14-17)24(29)25-16-6-7-16/h8-11,14-16H,3-7,12-13H2,1-2H3,(H,25,29)(H,26,28). The monoisotopic (exact) mass is 423 g/mol. The summed E-state index contributed by atoms with van der Waals surface area (Å²) in [6.45, 7) is 1.89. The van der Waals surface area contributed by atoms with E-state index in [1.165, 1.54) is 13.5 Å². The van der Waals surface area contributed by atoms with E-state index in [4.69, 9.17) is 9.47 Å². The van der Waals surface area contributed by atoms with E-state index in [2.05, 4.69) is 15.5 Å². The number of benzene rings is 2. The number of hydrogen-bond donors (Lipinski definition) is 2. The second-order valence-corrected chi connectivity index (χ2v) is 8.05. The van der Waals surface area contributed by atoms with Gasteiger partial charge in [0.05, 0.1) is 25.3 Å². The first-order valence-electron chi connectivity index (χ1n) is 10.8. The molecule has 0 radical (unpaired) electrons. The largest absolute Gasteiger partial charge is 0.497 e. The van der Waals surface area contributed by atoms with Crippen LogP contribution in [0, 0.1) is 0 Å². The average molecular weight is 424 g/mol. The van der Waals surface area contributed by atoms with Crippen LogP contribution in [0.2, 0.25) is 0 Å². The molecular weight excluding hydrogens is 394 g/mol. The Hall–Kier alpha value is -3.22. The van der Waals surface area contributed by atoms with Gasteiger partial charge in [-0.15, -0.1) is 0 Å². The Labute approximate surface area is 182 Å². The first-order valence-corrected chi connectivity index (χ1v) is 10.8. The Bertz CT molecular complexity index is 965. The van der Waals surface area contributed by atoms with Gasteiger partial charge in [-0.1, -0.05) is 0 Å². The lowest BCUT2D eigenvalue weighted by atomic mass is 10.1. The van der Waals surface area contributed by atoms with Crippen LogP contribution in [0.25, 0.3) is 0 Å². The van der Waals surface area contributed by atoms with Crippen LogP contribution in [0.4, 0.5) is 11.4 Å². The van der Waals surface area contributed by atoms with Crippen LogP contribution in [0.5, 0.6) is 11.5 Å². The predicted molar refractivity (Wildman–Crippen MR) is 120 cm³/mol. The minimum atomic E-state index is -0.307. The number of hydrogen-bond acceptors (Lipinski definition) is 5. The zero-order valence-corrected chi connectivity index (χ0v) is 18.1. The van der Waals surface area contributed by atoms with Crippen LogP contribution >= 0.6 is 0 Å². The molecule has 1 heterocycles. The van der Waals surface area contributed by atoms with Gasteiger partial charge in [-0.2, -0.15) is 0 Å². The third kappa shape index (κ3) is 4.93. The fourth-order valence-corrected chi connectivity index (χ4v) is 3.88. The Morgan fingerprint density at radius 3 is 2.35 bits per heavy atom. The van der Waals surface area contributed by atoms with Gasteiger partial charge in [0.25, 0.3) is 11.8 Å². The molecule has 2 aromatic rings. The Balaban J connectivity index is 1.59. The third-order valence-corrected chi connectivity index (χ3v) is 5.76. The van der Waals surface area contributed by atoms with Crippen molar-refractivity contribution in [2.75, 3.05) is 37.5 Å². The van der Waals surface area contributed by atoms with E-state index >= 15 is 0 Å². The summed E-state index contributed by atoms with van der Waals surface area (Å²) in [4.78, 5) is 28.1. The smallest absolute Gasteiger partial charge is 0.259 e. The number of amides is 2. The van der Waals surface area contributed by atoms with Gasteiger partial charge in [-0.05, 0) is 62.4 Å². The number of rotatable bonds is 7. The summed E-state index contributed by atoms with van der Waals surface area (Å²) in [6, 6.07) is 10.9. The van der Waals surface area contributed by atoms with Crippen molar-refractivity contribution in [1.29, 1.82) is 0 Å². The fourth-order valence-electron chi connectivity index (χ4n) is 3.88. The maximum atomic E-state index is 13.0. The Morgan fingerprint density at radius 1 is 0.903 bits per heavy atom. The summed E-state index contributed by atoms with van der Waals surface area (Å²) in [7, 11) is 3.08. The van der Waals surface area contributed by atoms with Crippen molar-refractivity contribution in [2.24, 2.45) is 0 Å². The lowest BCUT2D eigenvalue weighted by Crippen LogP contribution is -2.33. The molecule has 31 heavy (non-hydrogen) atoms. The van der Waals surface area contributed by atoms with Crippen molar-refractivity contribution in [3.05, 3.63) is 47.5 Å². The van der Waals surface area contributed by atoms with Crippen LogP contribution < -0.4 is 25.0 Å². The molecule has 164 valence electrons. The quantitative estimate of drug-likeness (QED) is 0.707. The number of piperidine rings is 1. The first-order chi connectivity index (χ1) is 15.1. The van der Waals surface area contributed by atoms with Gasteiger partial charge in [0.2, 0.25) is 0 Å². The van der Waals surface area contributed by atoms with E-state index in [1.54, 1.807) is 31.4 Å². The molecule has 0 atom stereocenters. The topological polar surface area (TPSA) is 79.9 Å². The summed E-state index contributed by atoms with van der Waals surface area (Å²) in [5.74, 6) is 0.645. The van der Waals surface area contributed by atoms with Crippen molar-refractivity contribution in [1.82, 2.24) is 5.32 Å². The molecule has 2 aromatic carbocycles. The Morgan fingerprint density at radius 2 is 1.68 bits per heavy atom.